The Hall–Kier alpha value is -3.39. The van der Waals surface area contributed by atoms with E-state index >= 15 is 0 Å². The third-order valence-corrected chi connectivity index (χ3v) is 5.74. The van der Waals surface area contributed by atoms with Gasteiger partial charge in [0.25, 0.3) is 0 Å². The lowest BCUT2D eigenvalue weighted by Gasteiger charge is -2.30. The topological polar surface area (TPSA) is 57.0 Å². The Bertz CT molecular complexity index is 1140. The zero-order chi connectivity index (χ0) is 23.6. The van der Waals surface area contributed by atoms with Gasteiger partial charge in [-0.2, -0.15) is 13.2 Å². The van der Waals surface area contributed by atoms with E-state index in [0.29, 0.717) is 49.1 Å². The summed E-state index contributed by atoms with van der Waals surface area (Å²) in [5.41, 5.74) is 8.43. The normalized spacial score (nSPS) is 14.3. The van der Waals surface area contributed by atoms with Crippen molar-refractivity contribution in [3.05, 3.63) is 60.2 Å². The van der Waals surface area contributed by atoms with Gasteiger partial charge in [-0.15, -0.1) is 0 Å². The van der Waals surface area contributed by atoms with Gasteiger partial charge in [0.1, 0.15) is 11.5 Å². The molecule has 8 heteroatoms. The number of alkyl halides is 3. The van der Waals surface area contributed by atoms with Gasteiger partial charge in [0.05, 0.1) is 38.7 Å². The summed E-state index contributed by atoms with van der Waals surface area (Å²) in [6.07, 6.45) is -4.51. The van der Waals surface area contributed by atoms with E-state index in [2.05, 4.69) is 0 Å². The van der Waals surface area contributed by atoms with Gasteiger partial charge in [-0.05, 0) is 53.1 Å². The Morgan fingerprint density at radius 3 is 2.09 bits per heavy atom. The van der Waals surface area contributed by atoms with Crippen molar-refractivity contribution < 1.29 is 27.4 Å². The second-order valence-corrected chi connectivity index (χ2v) is 7.70. The number of benzene rings is 3. The van der Waals surface area contributed by atoms with E-state index in [9.17, 15) is 13.2 Å². The average Bonchev–Trinajstić information content (AvgIpc) is 2.83. The van der Waals surface area contributed by atoms with Crippen LogP contribution in [0.15, 0.2) is 54.6 Å². The monoisotopic (exact) mass is 458 g/mol. The average molecular weight is 458 g/mol. The molecule has 2 N–H and O–H groups in total. The largest absolute Gasteiger partial charge is 0.496 e. The summed E-state index contributed by atoms with van der Waals surface area (Å²) in [4.78, 5) is 2.02. The van der Waals surface area contributed by atoms with Crippen LogP contribution in [0.1, 0.15) is 5.56 Å². The van der Waals surface area contributed by atoms with Crippen LogP contribution in [0.5, 0.6) is 11.5 Å². The molecule has 4 rings (SSSR count). The molecule has 1 aliphatic heterocycles. The quantitative estimate of drug-likeness (QED) is 0.514. The molecule has 0 unspecified atom stereocenters. The first-order valence-electron chi connectivity index (χ1n) is 10.5. The molecule has 1 saturated heterocycles. The first kappa shape index (κ1) is 22.8. The number of hydrogen-bond acceptors (Lipinski definition) is 5. The molecule has 1 fully saturated rings. The van der Waals surface area contributed by atoms with Gasteiger partial charge in [-0.1, -0.05) is 18.2 Å². The maximum absolute atomic E-state index is 13.9. The Morgan fingerprint density at radius 2 is 1.45 bits per heavy atom. The van der Waals surface area contributed by atoms with Gasteiger partial charge >= 0.3 is 6.18 Å². The number of hydrogen-bond donors (Lipinski definition) is 1. The number of nitrogen functional groups attached to an aromatic ring is 1. The second-order valence-electron chi connectivity index (χ2n) is 7.70. The maximum Gasteiger partial charge on any atom is 0.417 e. The number of rotatable bonds is 5. The summed E-state index contributed by atoms with van der Waals surface area (Å²) in [6, 6.07) is 14.7. The van der Waals surface area contributed by atoms with Crippen LogP contribution in [0.25, 0.3) is 22.3 Å². The SMILES string of the molecule is COc1cc(-c2ccc(-c3cc(N4CCOCC4)ccc3C(F)(F)F)c(OC)c2)ccc1N. The molecule has 0 bridgehead atoms. The van der Waals surface area contributed by atoms with Gasteiger partial charge in [0.2, 0.25) is 0 Å². The Balaban J connectivity index is 1.82. The van der Waals surface area contributed by atoms with E-state index in [1.165, 1.54) is 20.3 Å². The summed E-state index contributed by atoms with van der Waals surface area (Å²) >= 11 is 0. The lowest BCUT2D eigenvalue weighted by Crippen LogP contribution is -2.36. The molecular formula is C25H25F3N2O3. The third-order valence-electron chi connectivity index (χ3n) is 5.74. The molecule has 33 heavy (non-hydrogen) atoms. The predicted molar refractivity (Wildman–Crippen MR) is 123 cm³/mol. The molecule has 0 radical (unpaired) electrons. The highest BCUT2D eigenvalue weighted by atomic mass is 19.4. The van der Waals surface area contributed by atoms with Gasteiger partial charge in [0.15, 0.2) is 0 Å². The first-order valence-corrected chi connectivity index (χ1v) is 10.5. The van der Waals surface area contributed by atoms with Crippen molar-refractivity contribution in [3.8, 4) is 33.8 Å². The van der Waals surface area contributed by atoms with Crippen LogP contribution in [-0.2, 0) is 10.9 Å². The number of methoxy groups -OCH3 is 2. The second kappa shape index (κ2) is 9.23. The predicted octanol–water partition coefficient (Wildman–Crippen LogP) is 5.48. The van der Waals surface area contributed by atoms with E-state index in [-0.39, 0.29) is 5.56 Å². The molecule has 3 aromatic rings. The number of halogens is 3. The highest BCUT2D eigenvalue weighted by Gasteiger charge is 2.35. The number of ether oxygens (including phenoxy) is 3. The fourth-order valence-electron chi connectivity index (χ4n) is 4.00. The smallest absolute Gasteiger partial charge is 0.417 e. The summed E-state index contributed by atoms with van der Waals surface area (Å²) in [5.74, 6) is 0.862. The standard InChI is InChI=1S/C25H25F3N2O3/c1-31-23-13-16(17-4-8-22(29)24(14-17)32-2)3-6-19(23)20-15-18(30-9-11-33-12-10-30)5-7-21(20)25(26,27)28/h3-8,13-15H,9-12,29H2,1-2H3. The van der Waals surface area contributed by atoms with Crippen molar-refractivity contribution in [1.29, 1.82) is 0 Å². The highest BCUT2D eigenvalue weighted by molar-refractivity contribution is 5.81. The number of morpholine rings is 1. The molecule has 174 valence electrons. The lowest BCUT2D eigenvalue weighted by molar-refractivity contribution is -0.137. The maximum atomic E-state index is 13.9. The van der Waals surface area contributed by atoms with Crippen LogP contribution in [-0.4, -0.2) is 40.5 Å². The molecule has 0 amide bonds. The van der Waals surface area contributed by atoms with Gasteiger partial charge in [-0.25, -0.2) is 0 Å². The number of anilines is 2. The van der Waals surface area contributed by atoms with Gasteiger partial charge in [-0.3, -0.25) is 0 Å². The van der Waals surface area contributed by atoms with E-state index in [1.807, 2.05) is 11.0 Å². The van der Waals surface area contributed by atoms with Crippen LogP contribution in [0.2, 0.25) is 0 Å². The van der Waals surface area contributed by atoms with E-state index in [4.69, 9.17) is 19.9 Å². The van der Waals surface area contributed by atoms with Crippen LogP contribution in [0.4, 0.5) is 24.5 Å². The van der Waals surface area contributed by atoms with Crippen LogP contribution < -0.4 is 20.1 Å². The Kier molecular flexibility index (Phi) is 6.37. The zero-order valence-electron chi connectivity index (χ0n) is 18.4. The van der Waals surface area contributed by atoms with Crippen molar-refractivity contribution in [2.45, 2.75) is 6.18 Å². The molecule has 0 saturated carbocycles. The molecule has 1 heterocycles. The molecule has 0 aliphatic carbocycles. The fraction of sp³-hybridized carbons (Fsp3) is 0.280. The van der Waals surface area contributed by atoms with Crippen molar-refractivity contribution in [1.82, 2.24) is 0 Å². The fourth-order valence-corrected chi connectivity index (χ4v) is 4.00. The summed E-state index contributed by atoms with van der Waals surface area (Å²) in [5, 5.41) is 0. The van der Waals surface area contributed by atoms with Crippen LogP contribution in [0, 0.1) is 0 Å². The minimum absolute atomic E-state index is 0.0739. The summed E-state index contributed by atoms with van der Waals surface area (Å²) in [6.45, 7) is 2.33. The minimum atomic E-state index is -4.51. The minimum Gasteiger partial charge on any atom is -0.496 e. The van der Waals surface area contributed by atoms with Crippen molar-refractivity contribution in [2.75, 3.05) is 51.2 Å². The van der Waals surface area contributed by atoms with E-state index in [1.54, 1.807) is 36.4 Å². The van der Waals surface area contributed by atoms with E-state index in [0.717, 1.165) is 22.9 Å². The molecule has 5 nitrogen and oxygen atoms in total. The van der Waals surface area contributed by atoms with Crippen molar-refractivity contribution in [2.24, 2.45) is 0 Å². The van der Waals surface area contributed by atoms with Crippen LogP contribution in [0.3, 0.4) is 0 Å². The molecule has 0 atom stereocenters. The first-order chi connectivity index (χ1) is 15.8. The Labute approximate surface area is 190 Å². The lowest BCUT2D eigenvalue weighted by atomic mass is 9.94. The number of nitrogens with two attached hydrogens (primary N) is 1. The number of nitrogens with zero attached hydrogens (tertiary/aromatic N) is 1. The van der Waals surface area contributed by atoms with Crippen LogP contribution >= 0.6 is 0 Å². The third kappa shape index (κ3) is 4.71. The molecule has 0 spiro atoms. The zero-order valence-corrected chi connectivity index (χ0v) is 18.4. The molecule has 0 aromatic heterocycles. The molecule has 3 aromatic carbocycles. The van der Waals surface area contributed by atoms with Gasteiger partial charge < -0.3 is 24.8 Å². The molecular weight excluding hydrogens is 433 g/mol. The Morgan fingerprint density at radius 1 is 0.818 bits per heavy atom. The molecule has 1 aliphatic rings. The summed E-state index contributed by atoms with van der Waals surface area (Å²) in [7, 11) is 2.98. The summed E-state index contributed by atoms with van der Waals surface area (Å²) < 4.78 is 57.9. The van der Waals surface area contributed by atoms with Gasteiger partial charge in [0, 0.05) is 24.3 Å². The van der Waals surface area contributed by atoms with E-state index < -0.39 is 11.7 Å². The highest BCUT2D eigenvalue weighted by Crippen LogP contribution is 2.43. The van der Waals surface area contributed by atoms with Crippen molar-refractivity contribution in [3.63, 3.8) is 0 Å². The van der Waals surface area contributed by atoms with Crippen molar-refractivity contribution >= 4 is 11.4 Å².